The maximum Gasteiger partial charge on any atom is 0.341 e. The number of piperidine rings is 1. The van der Waals surface area contributed by atoms with Crippen molar-refractivity contribution in [1.29, 1.82) is 0 Å². The van der Waals surface area contributed by atoms with E-state index >= 15 is 0 Å². The molecule has 1 aliphatic heterocycles. The molecule has 142 valence electrons. The molecule has 0 spiro atoms. The lowest BCUT2D eigenvalue weighted by Crippen LogP contribution is -2.35. The van der Waals surface area contributed by atoms with Gasteiger partial charge < -0.3 is 18.8 Å². The number of ether oxygens (including phenoxy) is 2. The third-order valence-corrected chi connectivity index (χ3v) is 4.31. The predicted molar refractivity (Wildman–Crippen MR) is 96.4 cm³/mol. The van der Waals surface area contributed by atoms with E-state index in [1.54, 1.807) is 36.1 Å². The molecule has 0 unspecified atom stereocenters. The van der Waals surface area contributed by atoms with Crippen molar-refractivity contribution in [3.63, 3.8) is 0 Å². The lowest BCUT2D eigenvalue weighted by Gasteiger charge is -2.26. The number of nitrogens with zero attached hydrogens (tertiary/aromatic N) is 1. The molecule has 2 heterocycles. The number of hydrogen-bond acceptors (Lipinski definition) is 6. The smallest absolute Gasteiger partial charge is 0.341 e. The minimum absolute atomic E-state index is 0.0980. The number of anilines is 1. The van der Waals surface area contributed by atoms with Crippen LogP contribution in [0.25, 0.3) is 0 Å². The number of rotatable bonds is 6. The molecule has 1 aromatic heterocycles. The monoisotopic (exact) mass is 371 g/mol. The third kappa shape index (κ3) is 4.36. The fraction of sp³-hybridized carbons (Fsp3) is 0.350. The molecule has 1 aromatic carbocycles. The summed E-state index contributed by atoms with van der Waals surface area (Å²) >= 11 is 0. The van der Waals surface area contributed by atoms with Crippen molar-refractivity contribution < 1.29 is 28.3 Å². The van der Waals surface area contributed by atoms with Crippen LogP contribution >= 0.6 is 0 Å². The second-order valence-corrected chi connectivity index (χ2v) is 6.10. The molecule has 1 saturated heterocycles. The highest BCUT2D eigenvalue weighted by molar-refractivity contribution is 5.95. The zero-order valence-electron chi connectivity index (χ0n) is 15.1. The minimum atomic E-state index is -0.544. The van der Waals surface area contributed by atoms with Gasteiger partial charge >= 0.3 is 11.9 Å². The SMILES string of the molecule is CCOC(=O)c1ccoc1COC(=O)c1ccc(N2CCCCC2=O)cc1. The van der Waals surface area contributed by atoms with Crippen molar-refractivity contribution in [2.75, 3.05) is 18.1 Å². The largest absolute Gasteiger partial charge is 0.465 e. The molecule has 1 amide bonds. The van der Waals surface area contributed by atoms with E-state index in [1.165, 1.54) is 12.3 Å². The van der Waals surface area contributed by atoms with E-state index in [0.29, 0.717) is 18.5 Å². The Balaban J connectivity index is 1.61. The zero-order chi connectivity index (χ0) is 19.2. The molecule has 7 nitrogen and oxygen atoms in total. The number of carbonyl (C=O) groups is 3. The molecule has 0 bridgehead atoms. The highest BCUT2D eigenvalue weighted by atomic mass is 16.5. The maximum atomic E-state index is 12.2. The molecular formula is C20H21NO6. The standard InChI is InChI=1S/C20H21NO6/c1-2-25-20(24)16-10-12-26-17(16)13-27-19(23)14-6-8-15(9-7-14)21-11-4-3-5-18(21)22/h6-10,12H,2-5,11,13H2,1H3. The second-order valence-electron chi connectivity index (χ2n) is 6.10. The van der Waals surface area contributed by atoms with Crippen LogP contribution in [0.15, 0.2) is 41.0 Å². The van der Waals surface area contributed by atoms with Gasteiger partial charge in [-0.3, -0.25) is 4.79 Å². The van der Waals surface area contributed by atoms with Gasteiger partial charge in [0.1, 0.15) is 5.56 Å². The summed E-state index contributed by atoms with van der Waals surface area (Å²) in [6.45, 7) is 2.47. The van der Waals surface area contributed by atoms with E-state index in [2.05, 4.69) is 0 Å². The topological polar surface area (TPSA) is 86.1 Å². The van der Waals surface area contributed by atoms with Gasteiger partial charge in [-0.2, -0.15) is 0 Å². The molecular weight excluding hydrogens is 350 g/mol. The predicted octanol–water partition coefficient (Wildman–Crippen LogP) is 3.33. The van der Waals surface area contributed by atoms with Crippen LogP contribution in [0.1, 0.15) is 52.7 Å². The van der Waals surface area contributed by atoms with Crippen LogP contribution < -0.4 is 4.90 Å². The van der Waals surface area contributed by atoms with Crippen molar-refractivity contribution in [2.45, 2.75) is 32.8 Å². The Kier molecular flexibility index (Phi) is 5.90. The summed E-state index contributed by atoms with van der Waals surface area (Å²) < 4.78 is 15.4. The van der Waals surface area contributed by atoms with Gasteiger partial charge in [0.25, 0.3) is 0 Å². The van der Waals surface area contributed by atoms with Gasteiger partial charge in [-0.1, -0.05) is 0 Å². The van der Waals surface area contributed by atoms with Crippen LogP contribution in [0.4, 0.5) is 5.69 Å². The molecule has 1 aliphatic rings. The molecule has 0 radical (unpaired) electrons. The summed E-state index contributed by atoms with van der Waals surface area (Å²) in [5, 5.41) is 0. The Morgan fingerprint density at radius 2 is 1.85 bits per heavy atom. The Morgan fingerprint density at radius 1 is 1.07 bits per heavy atom. The van der Waals surface area contributed by atoms with Crippen LogP contribution in [-0.2, 0) is 20.9 Å². The quantitative estimate of drug-likeness (QED) is 0.724. The fourth-order valence-electron chi connectivity index (χ4n) is 2.91. The Labute approximate surface area is 156 Å². The van der Waals surface area contributed by atoms with Gasteiger partial charge in [-0.15, -0.1) is 0 Å². The van der Waals surface area contributed by atoms with Gasteiger partial charge in [-0.25, -0.2) is 9.59 Å². The van der Waals surface area contributed by atoms with E-state index in [1.807, 2.05) is 0 Å². The Morgan fingerprint density at radius 3 is 2.56 bits per heavy atom. The molecule has 27 heavy (non-hydrogen) atoms. The number of amides is 1. The lowest BCUT2D eigenvalue weighted by molar-refractivity contribution is -0.119. The third-order valence-electron chi connectivity index (χ3n) is 4.31. The van der Waals surface area contributed by atoms with Crippen molar-refractivity contribution in [2.24, 2.45) is 0 Å². The normalized spacial score (nSPS) is 14.1. The van der Waals surface area contributed by atoms with Crippen molar-refractivity contribution in [3.05, 3.63) is 53.5 Å². The first kappa shape index (κ1) is 18.7. The molecule has 0 N–H and O–H groups in total. The van der Waals surface area contributed by atoms with Gasteiger partial charge in [-0.05, 0) is 50.1 Å². The van der Waals surface area contributed by atoms with Crippen LogP contribution in [0.5, 0.6) is 0 Å². The van der Waals surface area contributed by atoms with E-state index in [9.17, 15) is 14.4 Å². The molecule has 0 saturated carbocycles. The van der Waals surface area contributed by atoms with E-state index < -0.39 is 11.9 Å². The average molecular weight is 371 g/mol. The van der Waals surface area contributed by atoms with Crippen LogP contribution in [0.3, 0.4) is 0 Å². The second kappa shape index (κ2) is 8.53. The summed E-state index contributed by atoms with van der Waals surface area (Å²) in [7, 11) is 0. The number of esters is 2. The maximum absolute atomic E-state index is 12.2. The van der Waals surface area contributed by atoms with Gasteiger partial charge in [0.2, 0.25) is 5.91 Å². The number of carbonyl (C=O) groups excluding carboxylic acids is 3. The van der Waals surface area contributed by atoms with Crippen molar-refractivity contribution >= 4 is 23.5 Å². The first-order chi connectivity index (χ1) is 13.1. The van der Waals surface area contributed by atoms with Crippen molar-refractivity contribution in [3.8, 4) is 0 Å². The highest BCUT2D eigenvalue weighted by Crippen LogP contribution is 2.22. The highest BCUT2D eigenvalue weighted by Gasteiger charge is 2.21. The fourth-order valence-corrected chi connectivity index (χ4v) is 2.91. The Bertz CT molecular complexity index is 823. The lowest BCUT2D eigenvalue weighted by atomic mass is 10.1. The van der Waals surface area contributed by atoms with Gasteiger partial charge in [0.05, 0.1) is 18.4 Å². The minimum Gasteiger partial charge on any atom is -0.465 e. The molecule has 0 atom stereocenters. The van der Waals surface area contributed by atoms with Gasteiger partial charge in [0.15, 0.2) is 12.4 Å². The Hall–Kier alpha value is -3.09. The summed E-state index contributed by atoms with van der Waals surface area (Å²) in [5.74, 6) is -0.733. The van der Waals surface area contributed by atoms with Crippen LogP contribution in [0, 0.1) is 0 Å². The number of benzene rings is 1. The zero-order valence-corrected chi connectivity index (χ0v) is 15.1. The van der Waals surface area contributed by atoms with E-state index in [-0.39, 0.29) is 30.4 Å². The number of hydrogen-bond donors (Lipinski definition) is 0. The molecule has 2 aromatic rings. The number of furan rings is 1. The molecule has 0 aliphatic carbocycles. The first-order valence-corrected chi connectivity index (χ1v) is 8.91. The molecule has 3 rings (SSSR count). The van der Waals surface area contributed by atoms with Crippen LogP contribution in [0.2, 0.25) is 0 Å². The summed E-state index contributed by atoms with van der Waals surface area (Å²) in [6, 6.07) is 8.18. The summed E-state index contributed by atoms with van der Waals surface area (Å²) in [4.78, 5) is 37.7. The van der Waals surface area contributed by atoms with E-state index in [0.717, 1.165) is 18.5 Å². The van der Waals surface area contributed by atoms with Gasteiger partial charge in [0, 0.05) is 18.7 Å². The van der Waals surface area contributed by atoms with Crippen molar-refractivity contribution in [1.82, 2.24) is 0 Å². The van der Waals surface area contributed by atoms with E-state index in [4.69, 9.17) is 13.9 Å². The average Bonchev–Trinajstić information content (AvgIpc) is 3.16. The first-order valence-electron chi connectivity index (χ1n) is 8.91. The summed E-state index contributed by atoms with van der Waals surface area (Å²) in [6.07, 6.45) is 3.79. The van der Waals surface area contributed by atoms with Crippen LogP contribution in [-0.4, -0.2) is 31.0 Å². The summed E-state index contributed by atoms with van der Waals surface area (Å²) in [5.41, 5.74) is 1.36. The molecule has 1 fully saturated rings. The molecule has 7 heteroatoms.